The Morgan fingerprint density at radius 3 is 2.46 bits per heavy atom. The molecule has 0 radical (unpaired) electrons. The minimum atomic E-state index is -0.187. The van der Waals surface area contributed by atoms with Crippen molar-refractivity contribution in [2.24, 2.45) is 9.98 Å². The van der Waals surface area contributed by atoms with Gasteiger partial charge in [0.25, 0.3) is 0 Å². The van der Waals surface area contributed by atoms with E-state index in [1.165, 1.54) is 11.1 Å². The number of nitrogens with one attached hydrogen (secondary N) is 2. The molecular formula is C21H23N5O2. The van der Waals surface area contributed by atoms with Gasteiger partial charge in [0.2, 0.25) is 0 Å². The molecule has 7 nitrogen and oxygen atoms in total. The summed E-state index contributed by atoms with van der Waals surface area (Å²) < 4.78 is 5.73. The highest BCUT2D eigenvalue weighted by molar-refractivity contribution is 5.94. The number of carbonyl (C=O) groups excluding carboxylic acids is 1. The fourth-order valence-electron chi connectivity index (χ4n) is 3.10. The van der Waals surface area contributed by atoms with E-state index in [0.29, 0.717) is 19.7 Å². The van der Waals surface area contributed by atoms with Crippen LogP contribution in [0.2, 0.25) is 0 Å². The summed E-state index contributed by atoms with van der Waals surface area (Å²) in [5.74, 6) is 1.64. The van der Waals surface area contributed by atoms with E-state index >= 15 is 0 Å². The fraction of sp³-hybridized carbons (Fsp3) is 0.286. The predicted molar refractivity (Wildman–Crippen MR) is 111 cm³/mol. The summed E-state index contributed by atoms with van der Waals surface area (Å²) in [6, 6.07) is 16.3. The number of hydrogen-bond donors (Lipinski definition) is 2. The quantitative estimate of drug-likeness (QED) is 0.777. The molecule has 7 heteroatoms. The van der Waals surface area contributed by atoms with Gasteiger partial charge in [-0.25, -0.2) is 9.79 Å². The highest BCUT2D eigenvalue weighted by Crippen LogP contribution is 2.17. The average Bonchev–Trinajstić information content (AvgIpc) is 3.37. The van der Waals surface area contributed by atoms with Crippen molar-refractivity contribution in [3.63, 3.8) is 0 Å². The molecule has 0 aromatic heterocycles. The van der Waals surface area contributed by atoms with Gasteiger partial charge in [-0.1, -0.05) is 24.3 Å². The van der Waals surface area contributed by atoms with Crippen molar-refractivity contribution < 1.29 is 9.53 Å². The van der Waals surface area contributed by atoms with Gasteiger partial charge in [0.15, 0.2) is 5.96 Å². The lowest BCUT2D eigenvalue weighted by Crippen LogP contribution is -2.29. The molecule has 0 fully saturated rings. The van der Waals surface area contributed by atoms with Crippen LogP contribution in [0.25, 0.3) is 0 Å². The maximum Gasteiger partial charge on any atom is 0.343 e. The van der Waals surface area contributed by atoms with Crippen molar-refractivity contribution in [2.75, 3.05) is 38.1 Å². The number of hydrogen-bond acceptors (Lipinski definition) is 5. The fourth-order valence-corrected chi connectivity index (χ4v) is 3.10. The van der Waals surface area contributed by atoms with E-state index in [1.807, 2.05) is 12.1 Å². The summed E-state index contributed by atoms with van der Waals surface area (Å²) >= 11 is 0. The molecule has 28 heavy (non-hydrogen) atoms. The number of carbonyl (C=O) groups is 1. The van der Waals surface area contributed by atoms with E-state index in [0.717, 1.165) is 36.9 Å². The molecule has 144 valence electrons. The van der Waals surface area contributed by atoms with Crippen molar-refractivity contribution in [3.05, 3.63) is 59.7 Å². The molecule has 0 unspecified atom stereocenters. The first-order chi connectivity index (χ1) is 13.8. The van der Waals surface area contributed by atoms with E-state index in [4.69, 9.17) is 4.74 Å². The molecule has 2 N–H and O–H groups in total. The topological polar surface area (TPSA) is 78.3 Å². The summed E-state index contributed by atoms with van der Waals surface area (Å²) in [7, 11) is 0. The van der Waals surface area contributed by atoms with Crippen molar-refractivity contribution in [1.82, 2.24) is 10.2 Å². The number of anilines is 1. The van der Waals surface area contributed by atoms with Crippen LogP contribution in [-0.4, -0.2) is 55.9 Å². The molecule has 2 aliphatic heterocycles. The summed E-state index contributed by atoms with van der Waals surface area (Å²) in [5, 5.41) is 6.47. The SMILES string of the molecule is O=C1N=CCN1CCOc1ccc(Cc2ccc(NC3=NCCN3)cc2)cc1. The smallest absolute Gasteiger partial charge is 0.343 e. The van der Waals surface area contributed by atoms with Crippen LogP contribution in [0, 0.1) is 0 Å². The van der Waals surface area contributed by atoms with Crippen LogP contribution in [0.3, 0.4) is 0 Å². The number of rotatable bonds is 7. The number of urea groups is 1. The Bertz CT molecular complexity index is 875. The van der Waals surface area contributed by atoms with Crippen LogP contribution in [0.15, 0.2) is 58.5 Å². The molecule has 2 amide bonds. The van der Waals surface area contributed by atoms with Crippen LogP contribution in [0.1, 0.15) is 11.1 Å². The molecule has 0 atom stereocenters. The molecule has 0 saturated carbocycles. The lowest BCUT2D eigenvalue weighted by Gasteiger charge is -2.14. The molecule has 0 bridgehead atoms. The monoisotopic (exact) mass is 377 g/mol. The first-order valence-corrected chi connectivity index (χ1v) is 9.44. The Balaban J connectivity index is 1.25. The van der Waals surface area contributed by atoms with E-state index in [9.17, 15) is 4.79 Å². The molecule has 2 heterocycles. The maximum absolute atomic E-state index is 11.4. The Hall–Kier alpha value is -3.35. The Labute approximate surface area is 164 Å². The van der Waals surface area contributed by atoms with E-state index in [1.54, 1.807) is 11.1 Å². The van der Waals surface area contributed by atoms with Crippen LogP contribution in [0.5, 0.6) is 5.75 Å². The lowest BCUT2D eigenvalue weighted by atomic mass is 10.0. The average molecular weight is 377 g/mol. The highest BCUT2D eigenvalue weighted by atomic mass is 16.5. The molecule has 0 spiro atoms. The Kier molecular flexibility index (Phi) is 5.51. The van der Waals surface area contributed by atoms with Crippen LogP contribution < -0.4 is 15.4 Å². The van der Waals surface area contributed by atoms with Gasteiger partial charge in [-0.2, -0.15) is 0 Å². The van der Waals surface area contributed by atoms with E-state index < -0.39 is 0 Å². The zero-order valence-corrected chi connectivity index (χ0v) is 15.6. The van der Waals surface area contributed by atoms with E-state index in [-0.39, 0.29) is 6.03 Å². The maximum atomic E-state index is 11.4. The molecule has 0 aliphatic carbocycles. The van der Waals surface area contributed by atoms with Crippen LogP contribution >= 0.6 is 0 Å². The minimum Gasteiger partial charge on any atom is -0.492 e. The predicted octanol–water partition coefficient (Wildman–Crippen LogP) is 2.53. The van der Waals surface area contributed by atoms with Gasteiger partial charge in [0.05, 0.1) is 19.6 Å². The number of ether oxygens (including phenoxy) is 1. The minimum absolute atomic E-state index is 0.187. The standard InChI is InChI=1S/C21H23N5O2/c27-21-24-11-12-26(21)13-14-28-19-7-3-17(4-8-19)15-16-1-5-18(6-2-16)25-20-22-9-10-23-20/h1-8,11H,9-10,12-15H2,(H2,22,23,25). The van der Waals surface area contributed by atoms with Gasteiger partial charge in [-0.15, -0.1) is 0 Å². The molecule has 0 saturated heterocycles. The summed E-state index contributed by atoms with van der Waals surface area (Å²) in [4.78, 5) is 21.1. The summed E-state index contributed by atoms with van der Waals surface area (Å²) in [6.45, 7) is 3.29. The third-order valence-electron chi connectivity index (χ3n) is 4.63. The number of aliphatic imine (C=N–C) groups is 2. The van der Waals surface area contributed by atoms with E-state index in [2.05, 4.69) is 57.0 Å². The van der Waals surface area contributed by atoms with Gasteiger partial charge >= 0.3 is 6.03 Å². The number of guanidine groups is 1. The van der Waals surface area contributed by atoms with Gasteiger partial charge in [-0.05, 0) is 41.8 Å². The molecule has 2 aliphatic rings. The normalized spacial score (nSPS) is 15.5. The third-order valence-corrected chi connectivity index (χ3v) is 4.63. The second kappa shape index (κ2) is 8.56. The van der Waals surface area contributed by atoms with Gasteiger partial charge < -0.3 is 20.3 Å². The largest absolute Gasteiger partial charge is 0.492 e. The van der Waals surface area contributed by atoms with Gasteiger partial charge in [0, 0.05) is 18.4 Å². The first-order valence-electron chi connectivity index (χ1n) is 9.44. The first kappa shape index (κ1) is 18.0. The van der Waals surface area contributed by atoms with Gasteiger partial charge in [-0.3, -0.25) is 4.99 Å². The Morgan fingerprint density at radius 1 is 1.07 bits per heavy atom. The van der Waals surface area contributed by atoms with Crippen molar-refractivity contribution >= 4 is 23.9 Å². The van der Waals surface area contributed by atoms with Crippen LogP contribution in [-0.2, 0) is 6.42 Å². The second-order valence-corrected chi connectivity index (χ2v) is 6.69. The molecule has 2 aromatic carbocycles. The number of benzene rings is 2. The molecule has 4 rings (SSSR count). The van der Waals surface area contributed by atoms with Crippen molar-refractivity contribution in [3.8, 4) is 5.75 Å². The number of amides is 2. The van der Waals surface area contributed by atoms with Gasteiger partial charge in [0.1, 0.15) is 12.4 Å². The zero-order valence-electron chi connectivity index (χ0n) is 15.6. The zero-order chi connectivity index (χ0) is 19.2. The summed E-state index contributed by atoms with van der Waals surface area (Å²) in [6.07, 6.45) is 2.49. The summed E-state index contributed by atoms with van der Waals surface area (Å²) in [5.41, 5.74) is 3.49. The molecular weight excluding hydrogens is 354 g/mol. The highest BCUT2D eigenvalue weighted by Gasteiger charge is 2.15. The second-order valence-electron chi connectivity index (χ2n) is 6.69. The third kappa shape index (κ3) is 4.68. The molecule has 2 aromatic rings. The van der Waals surface area contributed by atoms with Crippen LogP contribution in [0.4, 0.5) is 10.5 Å². The Morgan fingerprint density at radius 2 is 1.82 bits per heavy atom. The van der Waals surface area contributed by atoms with Crippen molar-refractivity contribution in [2.45, 2.75) is 6.42 Å². The lowest BCUT2D eigenvalue weighted by molar-refractivity contribution is 0.204. The van der Waals surface area contributed by atoms with Crippen molar-refractivity contribution in [1.29, 1.82) is 0 Å². The number of nitrogens with zero attached hydrogens (tertiary/aromatic N) is 3.